The van der Waals surface area contributed by atoms with Crippen LogP contribution in [0.15, 0.2) is 0 Å². The minimum atomic E-state index is -0.879. The van der Waals surface area contributed by atoms with Gasteiger partial charge in [-0.3, -0.25) is 4.79 Å². The minimum absolute atomic E-state index is 0.00660. The second-order valence-corrected chi connectivity index (χ2v) is 4.40. The number of carbonyl (C=O) groups excluding carboxylic acids is 1. The standard InChI is InChI=1S/C11H20N2O3/c1-13(7-6-10(14)15)11(16)12-8-9-4-2-3-5-9/h9H,2-8H2,1H3,(H,12,16)(H,14,15). The lowest BCUT2D eigenvalue weighted by molar-refractivity contribution is -0.137. The van der Waals surface area contributed by atoms with Gasteiger partial charge in [0.25, 0.3) is 0 Å². The van der Waals surface area contributed by atoms with E-state index in [0.29, 0.717) is 5.92 Å². The fraction of sp³-hybridized carbons (Fsp3) is 0.818. The molecule has 0 atom stereocenters. The van der Waals surface area contributed by atoms with Crippen LogP contribution >= 0.6 is 0 Å². The van der Waals surface area contributed by atoms with E-state index in [2.05, 4.69) is 5.32 Å². The molecule has 1 aliphatic carbocycles. The van der Waals surface area contributed by atoms with Gasteiger partial charge in [0.05, 0.1) is 6.42 Å². The summed E-state index contributed by atoms with van der Waals surface area (Å²) in [5.41, 5.74) is 0. The number of rotatable bonds is 5. The van der Waals surface area contributed by atoms with Crippen LogP contribution in [0, 0.1) is 5.92 Å². The first-order valence-corrected chi connectivity index (χ1v) is 5.80. The summed E-state index contributed by atoms with van der Waals surface area (Å²) in [4.78, 5) is 23.3. The summed E-state index contributed by atoms with van der Waals surface area (Å²) in [6.07, 6.45) is 4.90. The van der Waals surface area contributed by atoms with Crippen molar-refractivity contribution < 1.29 is 14.7 Å². The maximum Gasteiger partial charge on any atom is 0.317 e. The predicted molar refractivity (Wildman–Crippen MR) is 60.2 cm³/mol. The molecule has 0 bridgehead atoms. The first kappa shape index (κ1) is 12.8. The summed E-state index contributed by atoms with van der Waals surface area (Å²) in [5.74, 6) is -0.271. The molecule has 1 aliphatic rings. The molecule has 0 spiro atoms. The van der Waals surface area contributed by atoms with Crippen LogP contribution in [0.5, 0.6) is 0 Å². The van der Waals surface area contributed by atoms with Crippen molar-refractivity contribution in [1.82, 2.24) is 10.2 Å². The van der Waals surface area contributed by atoms with E-state index in [1.54, 1.807) is 7.05 Å². The summed E-state index contributed by atoms with van der Waals surface area (Å²) in [7, 11) is 1.62. The Hall–Kier alpha value is -1.26. The molecule has 5 heteroatoms. The van der Waals surface area contributed by atoms with Gasteiger partial charge in [-0.15, -0.1) is 0 Å². The van der Waals surface area contributed by atoms with E-state index in [4.69, 9.17) is 5.11 Å². The molecule has 92 valence electrons. The maximum atomic E-state index is 11.5. The molecule has 16 heavy (non-hydrogen) atoms. The molecule has 0 aromatic carbocycles. The molecule has 0 unspecified atom stereocenters. The Balaban J connectivity index is 2.15. The van der Waals surface area contributed by atoms with Crippen molar-refractivity contribution in [3.8, 4) is 0 Å². The molecule has 1 saturated carbocycles. The molecular weight excluding hydrogens is 208 g/mol. The van der Waals surface area contributed by atoms with Crippen molar-refractivity contribution in [1.29, 1.82) is 0 Å². The van der Waals surface area contributed by atoms with Crippen LogP contribution in [0.2, 0.25) is 0 Å². The third kappa shape index (κ3) is 4.51. The number of amides is 2. The second kappa shape index (κ2) is 6.35. The van der Waals surface area contributed by atoms with Crippen LogP contribution in [0.4, 0.5) is 4.79 Å². The zero-order valence-corrected chi connectivity index (χ0v) is 9.74. The van der Waals surface area contributed by atoms with E-state index in [0.717, 1.165) is 6.54 Å². The minimum Gasteiger partial charge on any atom is -0.481 e. The first-order chi connectivity index (χ1) is 7.59. The smallest absolute Gasteiger partial charge is 0.317 e. The maximum absolute atomic E-state index is 11.5. The van der Waals surface area contributed by atoms with Crippen LogP contribution < -0.4 is 5.32 Å². The molecule has 0 saturated heterocycles. The Bertz CT molecular complexity index is 250. The molecular formula is C11H20N2O3. The van der Waals surface area contributed by atoms with Gasteiger partial charge in [-0.05, 0) is 18.8 Å². The van der Waals surface area contributed by atoms with Gasteiger partial charge >= 0.3 is 12.0 Å². The molecule has 5 nitrogen and oxygen atoms in total. The quantitative estimate of drug-likeness (QED) is 0.745. The van der Waals surface area contributed by atoms with Crippen molar-refractivity contribution in [3.63, 3.8) is 0 Å². The van der Waals surface area contributed by atoms with E-state index >= 15 is 0 Å². The van der Waals surface area contributed by atoms with Crippen LogP contribution in [0.25, 0.3) is 0 Å². The number of nitrogens with one attached hydrogen (secondary N) is 1. The van der Waals surface area contributed by atoms with Crippen LogP contribution in [0.3, 0.4) is 0 Å². The molecule has 0 heterocycles. The van der Waals surface area contributed by atoms with Gasteiger partial charge in [-0.1, -0.05) is 12.8 Å². The van der Waals surface area contributed by atoms with Crippen LogP contribution in [-0.2, 0) is 4.79 Å². The number of carboxylic acids is 1. The summed E-state index contributed by atoms with van der Waals surface area (Å²) >= 11 is 0. The lowest BCUT2D eigenvalue weighted by atomic mass is 10.1. The number of hydrogen-bond acceptors (Lipinski definition) is 2. The zero-order valence-electron chi connectivity index (χ0n) is 9.74. The van der Waals surface area contributed by atoms with E-state index < -0.39 is 5.97 Å². The molecule has 2 N–H and O–H groups in total. The lowest BCUT2D eigenvalue weighted by Gasteiger charge is -2.18. The van der Waals surface area contributed by atoms with Crippen molar-refractivity contribution >= 4 is 12.0 Å². The van der Waals surface area contributed by atoms with Gasteiger partial charge in [0, 0.05) is 20.1 Å². The predicted octanol–water partition coefficient (Wildman–Crippen LogP) is 1.29. The summed E-state index contributed by atoms with van der Waals surface area (Å²) in [6.45, 7) is 0.974. The Morgan fingerprint density at radius 3 is 2.56 bits per heavy atom. The van der Waals surface area contributed by atoms with Crippen molar-refractivity contribution in [2.24, 2.45) is 5.92 Å². The Kier molecular flexibility index (Phi) is 5.08. The van der Waals surface area contributed by atoms with Crippen molar-refractivity contribution in [2.45, 2.75) is 32.1 Å². The molecule has 0 radical (unpaired) electrons. The second-order valence-electron chi connectivity index (χ2n) is 4.40. The van der Waals surface area contributed by atoms with Crippen LogP contribution in [0.1, 0.15) is 32.1 Å². The van der Waals surface area contributed by atoms with Crippen LogP contribution in [-0.4, -0.2) is 42.1 Å². The largest absolute Gasteiger partial charge is 0.481 e. The average molecular weight is 228 g/mol. The van der Waals surface area contributed by atoms with Crippen molar-refractivity contribution in [3.05, 3.63) is 0 Å². The van der Waals surface area contributed by atoms with E-state index in [1.165, 1.54) is 30.6 Å². The van der Waals surface area contributed by atoms with E-state index in [-0.39, 0.29) is 19.0 Å². The fourth-order valence-electron chi connectivity index (χ4n) is 1.95. The summed E-state index contributed by atoms with van der Waals surface area (Å²) in [6, 6.07) is -0.173. The molecule has 0 aromatic rings. The fourth-order valence-corrected chi connectivity index (χ4v) is 1.95. The van der Waals surface area contributed by atoms with E-state index in [9.17, 15) is 9.59 Å². The SMILES string of the molecule is CN(CCC(=O)O)C(=O)NCC1CCCC1. The zero-order chi connectivity index (χ0) is 12.0. The van der Waals surface area contributed by atoms with Gasteiger partial charge in [0.1, 0.15) is 0 Å². The van der Waals surface area contributed by atoms with Gasteiger partial charge < -0.3 is 15.3 Å². The topological polar surface area (TPSA) is 69.6 Å². The highest BCUT2D eigenvalue weighted by atomic mass is 16.4. The van der Waals surface area contributed by atoms with Gasteiger partial charge in [0.2, 0.25) is 0 Å². The first-order valence-electron chi connectivity index (χ1n) is 5.80. The Labute approximate surface area is 95.8 Å². The van der Waals surface area contributed by atoms with Crippen molar-refractivity contribution in [2.75, 3.05) is 20.1 Å². The van der Waals surface area contributed by atoms with Gasteiger partial charge in [-0.2, -0.15) is 0 Å². The number of carbonyl (C=O) groups is 2. The highest BCUT2D eigenvalue weighted by Crippen LogP contribution is 2.23. The third-order valence-electron chi connectivity index (χ3n) is 3.02. The number of hydrogen-bond donors (Lipinski definition) is 2. The summed E-state index contributed by atoms with van der Waals surface area (Å²) in [5, 5.41) is 11.3. The number of carboxylic acid groups (broad SMARTS) is 1. The molecule has 1 rings (SSSR count). The number of aliphatic carboxylic acids is 1. The highest BCUT2D eigenvalue weighted by Gasteiger charge is 2.17. The molecule has 0 aromatic heterocycles. The number of nitrogens with zero attached hydrogens (tertiary/aromatic N) is 1. The van der Waals surface area contributed by atoms with Gasteiger partial charge in [0.15, 0.2) is 0 Å². The van der Waals surface area contributed by atoms with E-state index in [1.807, 2.05) is 0 Å². The third-order valence-corrected chi connectivity index (χ3v) is 3.02. The molecule has 2 amide bonds. The average Bonchev–Trinajstić information content (AvgIpc) is 2.75. The molecule has 0 aliphatic heterocycles. The molecule has 1 fully saturated rings. The Morgan fingerprint density at radius 2 is 2.00 bits per heavy atom. The normalized spacial score (nSPS) is 16.1. The number of urea groups is 1. The lowest BCUT2D eigenvalue weighted by Crippen LogP contribution is -2.40. The monoisotopic (exact) mass is 228 g/mol. The Morgan fingerprint density at radius 1 is 1.38 bits per heavy atom. The summed E-state index contributed by atoms with van der Waals surface area (Å²) < 4.78 is 0. The van der Waals surface area contributed by atoms with Gasteiger partial charge in [-0.25, -0.2) is 4.79 Å². The highest BCUT2D eigenvalue weighted by molar-refractivity contribution is 5.74.